The van der Waals surface area contributed by atoms with E-state index in [1.54, 1.807) is 7.11 Å². The quantitative estimate of drug-likeness (QED) is 0.554. The fraction of sp³-hybridized carbons (Fsp3) is 0.100. The monoisotopic (exact) mass is 326 g/mol. The second-order valence-corrected chi connectivity index (χ2v) is 5.25. The Morgan fingerprint density at radius 3 is 2.00 bits per heavy atom. The Kier molecular flexibility index (Phi) is 4.18. The highest BCUT2D eigenvalue weighted by Gasteiger charge is 2.29. The van der Waals surface area contributed by atoms with Gasteiger partial charge in [-0.05, 0) is 59.3 Å². The Labute approximate surface area is 137 Å². The molecule has 0 amide bonds. The molecule has 0 spiro atoms. The number of rotatable bonds is 1. The van der Waals surface area contributed by atoms with Gasteiger partial charge in [-0.15, -0.1) is 0 Å². The first-order valence-electron chi connectivity index (χ1n) is 7.23. The summed E-state index contributed by atoms with van der Waals surface area (Å²) in [5.74, 6) is 6.65. The minimum absolute atomic E-state index is 0.540. The van der Waals surface area contributed by atoms with Crippen molar-refractivity contribution in [1.29, 1.82) is 0 Å². The number of alkyl halides is 3. The first-order chi connectivity index (χ1) is 11.5. The lowest BCUT2D eigenvalue weighted by atomic mass is 10.1. The summed E-state index contributed by atoms with van der Waals surface area (Å²) in [7, 11) is 1.62. The standard InChI is InChI=1S/C20H13F3O/c1-24-19-11-8-16-12-15(4-7-17(16)13-19)3-2-14-5-9-18(10-6-14)20(21,22)23/h4-13H,1H3. The van der Waals surface area contributed by atoms with E-state index in [1.807, 2.05) is 36.4 Å². The Bertz CT molecular complexity index is 929. The third-order valence-electron chi connectivity index (χ3n) is 3.61. The van der Waals surface area contributed by atoms with Crippen LogP contribution in [-0.4, -0.2) is 7.11 Å². The second kappa shape index (κ2) is 6.29. The molecule has 120 valence electrons. The largest absolute Gasteiger partial charge is 0.497 e. The molecule has 0 aromatic heterocycles. The van der Waals surface area contributed by atoms with E-state index in [2.05, 4.69) is 11.8 Å². The average molecular weight is 326 g/mol. The van der Waals surface area contributed by atoms with Crippen LogP contribution in [0.15, 0.2) is 60.7 Å². The molecule has 0 N–H and O–H groups in total. The SMILES string of the molecule is COc1ccc2cc(C#Cc3ccc(C(F)(F)F)cc3)ccc2c1. The van der Waals surface area contributed by atoms with Crippen LogP contribution in [0.4, 0.5) is 13.2 Å². The van der Waals surface area contributed by atoms with E-state index < -0.39 is 11.7 Å². The summed E-state index contributed by atoms with van der Waals surface area (Å²) in [6, 6.07) is 16.3. The van der Waals surface area contributed by atoms with Crippen molar-refractivity contribution in [3.63, 3.8) is 0 Å². The van der Waals surface area contributed by atoms with Crippen LogP contribution in [-0.2, 0) is 6.18 Å². The zero-order valence-corrected chi connectivity index (χ0v) is 12.8. The second-order valence-electron chi connectivity index (χ2n) is 5.25. The molecule has 3 aromatic rings. The average Bonchev–Trinajstić information content (AvgIpc) is 2.59. The summed E-state index contributed by atoms with van der Waals surface area (Å²) in [6.07, 6.45) is -4.33. The Hall–Kier alpha value is -2.93. The predicted molar refractivity (Wildman–Crippen MR) is 87.9 cm³/mol. The number of benzene rings is 3. The van der Waals surface area contributed by atoms with Gasteiger partial charge in [-0.1, -0.05) is 24.0 Å². The Morgan fingerprint density at radius 2 is 1.33 bits per heavy atom. The summed E-state index contributed by atoms with van der Waals surface area (Å²) in [5, 5.41) is 2.06. The van der Waals surface area contributed by atoms with E-state index in [9.17, 15) is 13.2 Å². The van der Waals surface area contributed by atoms with Gasteiger partial charge in [0.15, 0.2) is 0 Å². The highest BCUT2D eigenvalue weighted by atomic mass is 19.4. The lowest BCUT2D eigenvalue weighted by Gasteiger charge is -2.05. The van der Waals surface area contributed by atoms with Gasteiger partial charge in [-0.2, -0.15) is 13.2 Å². The Balaban J connectivity index is 1.86. The fourth-order valence-electron chi connectivity index (χ4n) is 2.32. The van der Waals surface area contributed by atoms with Crippen molar-refractivity contribution in [2.24, 2.45) is 0 Å². The minimum Gasteiger partial charge on any atom is -0.497 e. The molecule has 0 saturated carbocycles. The molecule has 24 heavy (non-hydrogen) atoms. The van der Waals surface area contributed by atoms with Crippen molar-refractivity contribution in [1.82, 2.24) is 0 Å². The highest BCUT2D eigenvalue weighted by molar-refractivity contribution is 5.85. The first kappa shape index (κ1) is 15.9. The van der Waals surface area contributed by atoms with Crippen LogP contribution in [0.1, 0.15) is 16.7 Å². The smallest absolute Gasteiger partial charge is 0.416 e. The van der Waals surface area contributed by atoms with E-state index in [1.165, 1.54) is 12.1 Å². The van der Waals surface area contributed by atoms with E-state index in [0.717, 1.165) is 34.2 Å². The first-order valence-corrected chi connectivity index (χ1v) is 7.23. The molecule has 3 aromatic carbocycles. The molecule has 0 aliphatic carbocycles. The van der Waals surface area contributed by atoms with Gasteiger partial charge in [-0.25, -0.2) is 0 Å². The van der Waals surface area contributed by atoms with Crippen molar-refractivity contribution >= 4 is 10.8 Å². The number of halogens is 3. The molecule has 0 unspecified atom stereocenters. The predicted octanol–water partition coefficient (Wildman–Crippen LogP) is 5.27. The van der Waals surface area contributed by atoms with E-state index in [4.69, 9.17) is 4.74 Å². The molecule has 3 rings (SSSR count). The molecule has 4 heteroatoms. The van der Waals surface area contributed by atoms with Crippen LogP contribution < -0.4 is 4.74 Å². The van der Waals surface area contributed by atoms with Gasteiger partial charge < -0.3 is 4.74 Å². The maximum Gasteiger partial charge on any atom is 0.416 e. The van der Waals surface area contributed by atoms with Crippen molar-refractivity contribution in [3.05, 3.63) is 77.4 Å². The van der Waals surface area contributed by atoms with Crippen LogP contribution >= 0.6 is 0 Å². The third kappa shape index (κ3) is 3.52. The highest BCUT2D eigenvalue weighted by Crippen LogP contribution is 2.29. The van der Waals surface area contributed by atoms with Crippen LogP contribution in [0.3, 0.4) is 0 Å². The number of fused-ring (bicyclic) bond motifs is 1. The van der Waals surface area contributed by atoms with Crippen molar-refractivity contribution in [2.45, 2.75) is 6.18 Å². The molecule has 1 nitrogen and oxygen atoms in total. The number of methoxy groups -OCH3 is 1. The maximum absolute atomic E-state index is 12.5. The summed E-state index contributed by atoms with van der Waals surface area (Å²) < 4.78 is 42.8. The Morgan fingerprint density at radius 1 is 0.750 bits per heavy atom. The number of hydrogen-bond acceptors (Lipinski definition) is 1. The van der Waals surface area contributed by atoms with Gasteiger partial charge in [0.2, 0.25) is 0 Å². The molecule has 0 fully saturated rings. The zero-order valence-electron chi connectivity index (χ0n) is 12.8. The van der Waals surface area contributed by atoms with Gasteiger partial charge in [0, 0.05) is 11.1 Å². The molecule has 0 radical (unpaired) electrons. The number of hydrogen-bond donors (Lipinski definition) is 0. The maximum atomic E-state index is 12.5. The normalized spacial score (nSPS) is 11.0. The van der Waals surface area contributed by atoms with Gasteiger partial charge in [0.1, 0.15) is 5.75 Å². The molecule has 0 aliphatic rings. The van der Waals surface area contributed by atoms with Crippen LogP contribution in [0.5, 0.6) is 5.75 Å². The zero-order chi connectivity index (χ0) is 17.2. The van der Waals surface area contributed by atoms with E-state index >= 15 is 0 Å². The number of ether oxygens (including phenoxy) is 1. The minimum atomic E-state index is -4.33. The molecular weight excluding hydrogens is 313 g/mol. The summed E-state index contributed by atoms with van der Waals surface area (Å²) >= 11 is 0. The fourth-order valence-corrected chi connectivity index (χ4v) is 2.32. The topological polar surface area (TPSA) is 9.23 Å². The summed E-state index contributed by atoms with van der Waals surface area (Å²) in [5.41, 5.74) is 0.665. The van der Waals surface area contributed by atoms with Gasteiger partial charge in [-0.3, -0.25) is 0 Å². The van der Waals surface area contributed by atoms with Crippen molar-refractivity contribution in [3.8, 4) is 17.6 Å². The molecule has 0 saturated heterocycles. The van der Waals surface area contributed by atoms with Gasteiger partial charge in [0.05, 0.1) is 12.7 Å². The molecule has 0 bridgehead atoms. The lowest BCUT2D eigenvalue weighted by molar-refractivity contribution is -0.137. The van der Waals surface area contributed by atoms with E-state index in [-0.39, 0.29) is 0 Å². The molecule has 0 heterocycles. The van der Waals surface area contributed by atoms with Crippen molar-refractivity contribution in [2.75, 3.05) is 7.11 Å². The summed E-state index contributed by atoms with van der Waals surface area (Å²) in [4.78, 5) is 0. The summed E-state index contributed by atoms with van der Waals surface area (Å²) in [6.45, 7) is 0. The van der Waals surface area contributed by atoms with Crippen LogP contribution in [0, 0.1) is 11.8 Å². The van der Waals surface area contributed by atoms with Gasteiger partial charge >= 0.3 is 6.18 Å². The van der Waals surface area contributed by atoms with E-state index in [0.29, 0.717) is 5.56 Å². The molecular formula is C20H13F3O. The van der Waals surface area contributed by atoms with Gasteiger partial charge in [0.25, 0.3) is 0 Å². The van der Waals surface area contributed by atoms with Crippen LogP contribution in [0.25, 0.3) is 10.8 Å². The lowest BCUT2D eigenvalue weighted by Crippen LogP contribution is -2.04. The molecule has 0 atom stereocenters. The van der Waals surface area contributed by atoms with Crippen LogP contribution in [0.2, 0.25) is 0 Å². The third-order valence-corrected chi connectivity index (χ3v) is 3.61. The molecule has 0 aliphatic heterocycles. The van der Waals surface area contributed by atoms with Crippen molar-refractivity contribution < 1.29 is 17.9 Å².